The molecular weight excluding hydrogens is 350 g/mol. The van der Waals surface area contributed by atoms with E-state index >= 15 is 0 Å². The van der Waals surface area contributed by atoms with Crippen molar-refractivity contribution in [3.63, 3.8) is 0 Å². The van der Waals surface area contributed by atoms with Crippen molar-refractivity contribution in [1.82, 2.24) is 29.8 Å². The van der Waals surface area contributed by atoms with Crippen LogP contribution in [-0.4, -0.2) is 35.8 Å². The Morgan fingerprint density at radius 3 is 3.19 bits per heavy atom. The largest absolute Gasteiger partial charge is 0.367 e. The van der Waals surface area contributed by atoms with Crippen LogP contribution in [-0.2, 0) is 12.8 Å². The maximum atomic E-state index is 6.13. The molecule has 26 heavy (non-hydrogen) atoms. The SMILES string of the molecule is Clc1ccn2ncc(-c3nccc(NC4CCc5[nH]ncc5C4)n3)c2c1. The summed E-state index contributed by atoms with van der Waals surface area (Å²) in [5, 5.41) is 15.7. The molecule has 0 aliphatic heterocycles. The Hall–Kier alpha value is -2.93. The van der Waals surface area contributed by atoms with Crippen LogP contribution >= 0.6 is 11.6 Å². The summed E-state index contributed by atoms with van der Waals surface area (Å²) in [5.41, 5.74) is 4.27. The molecular formula is C18H16ClN7. The fourth-order valence-corrected chi connectivity index (χ4v) is 3.60. The number of nitrogens with one attached hydrogen (secondary N) is 2. The monoisotopic (exact) mass is 365 g/mol. The van der Waals surface area contributed by atoms with Gasteiger partial charge in [0.05, 0.1) is 23.5 Å². The number of pyridine rings is 1. The molecule has 0 saturated carbocycles. The number of aryl methyl sites for hydroxylation is 1. The van der Waals surface area contributed by atoms with Crippen molar-refractivity contribution in [1.29, 1.82) is 0 Å². The molecule has 1 unspecified atom stereocenters. The number of H-pyrrole nitrogens is 1. The van der Waals surface area contributed by atoms with E-state index in [2.05, 4.69) is 25.6 Å². The molecule has 4 aromatic rings. The van der Waals surface area contributed by atoms with Crippen molar-refractivity contribution in [3.8, 4) is 11.4 Å². The minimum atomic E-state index is 0.334. The lowest BCUT2D eigenvalue weighted by Gasteiger charge is -2.23. The second-order valence-electron chi connectivity index (χ2n) is 6.46. The quantitative estimate of drug-likeness (QED) is 0.582. The van der Waals surface area contributed by atoms with Gasteiger partial charge in [-0.2, -0.15) is 10.2 Å². The number of anilines is 1. The Morgan fingerprint density at radius 1 is 1.27 bits per heavy atom. The van der Waals surface area contributed by atoms with Gasteiger partial charge >= 0.3 is 0 Å². The standard InChI is InChI=1S/C18H16ClN7/c19-12-4-6-26-16(8-12)14(10-22-26)18-20-5-3-17(24-18)23-13-1-2-15-11(7-13)9-21-25-15/h3-6,8-10,13H,1-2,7H2,(H,21,25)(H,20,23,24). The molecule has 1 aliphatic carbocycles. The molecule has 130 valence electrons. The van der Waals surface area contributed by atoms with Gasteiger partial charge in [0.1, 0.15) is 5.82 Å². The minimum absolute atomic E-state index is 0.334. The zero-order chi connectivity index (χ0) is 17.5. The normalized spacial score (nSPS) is 16.6. The van der Waals surface area contributed by atoms with E-state index in [1.807, 2.05) is 24.5 Å². The van der Waals surface area contributed by atoms with Crippen molar-refractivity contribution >= 4 is 22.9 Å². The van der Waals surface area contributed by atoms with Gasteiger partial charge in [0.15, 0.2) is 5.82 Å². The van der Waals surface area contributed by atoms with Crippen LogP contribution in [0.1, 0.15) is 17.7 Å². The smallest absolute Gasteiger partial charge is 0.165 e. The van der Waals surface area contributed by atoms with E-state index in [4.69, 9.17) is 16.6 Å². The highest BCUT2D eigenvalue weighted by molar-refractivity contribution is 6.31. The third-order valence-corrected chi connectivity index (χ3v) is 4.98. The lowest BCUT2D eigenvalue weighted by molar-refractivity contribution is 0.602. The number of hydrogen-bond donors (Lipinski definition) is 2. The topological polar surface area (TPSA) is 83.8 Å². The van der Waals surface area contributed by atoms with Gasteiger partial charge in [-0.3, -0.25) is 5.10 Å². The van der Waals surface area contributed by atoms with Gasteiger partial charge in [0.25, 0.3) is 0 Å². The number of hydrogen-bond acceptors (Lipinski definition) is 5. The van der Waals surface area contributed by atoms with E-state index in [9.17, 15) is 0 Å². The van der Waals surface area contributed by atoms with Gasteiger partial charge in [-0.1, -0.05) is 11.6 Å². The van der Waals surface area contributed by atoms with Crippen molar-refractivity contribution in [2.24, 2.45) is 0 Å². The third-order valence-electron chi connectivity index (χ3n) is 4.75. The first-order valence-electron chi connectivity index (χ1n) is 8.50. The molecule has 1 atom stereocenters. The molecule has 0 amide bonds. The van der Waals surface area contributed by atoms with Crippen molar-refractivity contribution in [3.05, 3.63) is 59.3 Å². The highest BCUT2D eigenvalue weighted by Crippen LogP contribution is 2.25. The van der Waals surface area contributed by atoms with Gasteiger partial charge < -0.3 is 5.32 Å². The molecule has 0 radical (unpaired) electrons. The molecule has 5 rings (SSSR count). The average molecular weight is 366 g/mol. The van der Waals surface area contributed by atoms with Gasteiger partial charge in [-0.15, -0.1) is 0 Å². The van der Waals surface area contributed by atoms with Gasteiger partial charge in [0, 0.05) is 29.2 Å². The molecule has 0 spiro atoms. The predicted molar refractivity (Wildman–Crippen MR) is 99.3 cm³/mol. The van der Waals surface area contributed by atoms with Crippen LogP contribution in [0.15, 0.2) is 43.0 Å². The average Bonchev–Trinajstić information content (AvgIpc) is 3.28. The Kier molecular flexibility index (Phi) is 3.60. The summed E-state index contributed by atoms with van der Waals surface area (Å²) >= 11 is 6.13. The maximum Gasteiger partial charge on any atom is 0.165 e. The number of halogens is 1. The molecule has 1 aliphatic rings. The lowest BCUT2D eigenvalue weighted by atomic mass is 9.93. The first-order chi connectivity index (χ1) is 12.8. The fraction of sp³-hybridized carbons (Fsp3) is 0.222. The second kappa shape index (κ2) is 6.10. The van der Waals surface area contributed by atoms with Crippen LogP contribution in [0.4, 0.5) is 5.82 Å². The minimum Gasteiger partial charge on any atom is -0.367 e. The van der Waals surface area contributed by atoms with E-state index in [1.165, 1.54) is 11.3 Å². The fourth-order valence-electron chi connectivity index (χ4n) is 3.44. The van der Waals surface area contributed by atoms with Crippen LogP contribution in [0.25, 0.3) is 16.9 Å². The Bertz CT molecular complexity index is 1080. The Balaban J connectivity index is 1.43. The number of nitrogens with zero attached hydrogens (tertiary/aromatic N) is 5. The highest BCUT2D eigenvalue weighted by Gasteiger charge is 2.20. The zero-order valence-electron chi connectivity index (χ0n) is 13.9. The summed E-state index contributed by atoms with van der Waals surface area (Å²) in [5.74, 6) is 1.44. The van der Waals surface area contributed by atoms with Crippen molar-refractivity contribution < 1.29 is 0 Å². The highest BCUT2D eigenvalue weighted by atomic mass is 35.5. The summed E-state index contributed by atoms with van der Waals surface area (Å²) in [6, 6.07) is 5.90. The van der Waals surface area contributed by atoms with Crippen LogP contribution in [0.3, 0.4) is 0 Å². The molecule has 4 heterocycles. The summed E-state index contributed by atoms with van der Waals surface area (Å²) in [4.78, 5) is 9.11. The second-order valence-corrected chi connectivity index (χ2v) is 6.89. The van der Waals surface area contributed by atoms with E-state index in [-0.39, 0.29) is 0 Å². The van der Waals surface area contributed by atoms with E-state index < -0.39 is 0 Å². The van der Waals surface area contributed by atoms with E-state index in [0.29, 0.717) is 16.9 Å². The first kappa shape index (κ1) is 15.3. The third kappa shape index (κ3) is 2.70. The number of aromatic amines is 1. The number of rotatable bonds is 3. The van der Waals surface area contributed by atoms with Crippen molar-refractivity contribution in [2.45, 2.75) is 25.3 Å². The molecule has 8 heteroatoms. The molecule has 0 fully saturated rings. The van der Waals surface area contributed by atoms with Crippen LogP contribution < -0.4 is 5.32 Å². The van der Waals surface area contributed by atoms with Gasteiger partial charge in [-0.05, 0) is 43.0 Å². The zero-order valence-corrected chi connectivity index (χ0v) is 14.6. The Labute approximate surface area is 154 Å². The molecule has 0 bridgehead atoms. The van der Waals surface area contributed by atoms with Gasteiger partial charge in [-0.25, -0.2) is 14.5 Å². The Morgan fingerprint density at radius 2 is 2.23 bits per heavy atom. The molecule has 0 aromatic carbocycles. The molecule has 7 nitrogen and oxygen atoms in total. The molecule has 2 N–H and O–H groups in total. The van der Waals surface area contributed by atoms with Gasteiger partial charge in [0.2, 0.25) is 0 Å². The summed E-state index contributed by atoms with van der Waals surface area (Å²) < 4.78 is 1.77. The van der Waals surface area contributed by atoms with Crippen LogP contribution in [0.5, 0.6) is 0 Å². The lowest BCUT2D eigenvalue weighted by Crippen LogP contribution is -2.27. The van der Waals surface area contributed by atoms with E-state index in [1.54, 1.807) is 23.0 Å². The summed E-state index contributed by atoms with van der Waals surface area (Å²) in [7, 11) is 0. The summed E-state index contributed by atoms with van der Waals surface area (Å²) in [6.45, 7) is 0. The molecule has 4 aromatic heterocycles. The van der Waals surface area contributed by atoms with Crippen LogP contribution in [0, 0.1) is 0 Å². The first-order valence-corrected chi connectivity index (χ1v) is 8.88. The van der Waals surface area contributed by atoms with E-state index in [0.717, 1.165) is 36.2 Å². The maximum absolute atomic E-state index is 6.13. The van der Waals surface area contributed by atoms with Crippen LogP contribution in [0.2, 0.25) is 5.02 Å². The number of aromatic nitrogens is 6. The van der Waals surface area contributed by atoms with Crippen molar-refractivity contribution in [2.75, 3.05) is 5.32 Å². The predicted octanol–water partition coefficient (Wildman–Crippen LogP) is 3.14. The summed E-state index contributed by atoms with van der Waals surface area (Å²) in [6.07, 6.45) is 10.3. The number of fused-ring (bicyclic) bond motifs is 2. The molecule has 0 saturated heterocycles.